The summed E-state index contributed by atoms with van der Waals surface area (Å²) in [7, 11) is 0. The van der Waals surface area contributed by atoms with Crippen LogP contribution >= 0.6 is 23.1 Å². The summed E-state index contributed by atoms with van der Waals surface area (Å²) in [6.07, 6.45) is 0. The van der Waals surface area contributed by atoms with Gasteiger partial charge in [-0.15, -0.1) is 11.3 Å². The first-order chi connectivity index (χ1) is 13.2. The highest BCUT2D eigenvalue weighted by Gasteiger charge is 2.15. The van der Waals surface area contributed by atoms with Crippen molar-refractivity contribution in [1.82, 2.24) is 4.98 Å². The van der Waals surface area contributed by atoms with E-state index >= 15 is 0 Å². The van der Waals surface area contributed by atoms with Gasteiger partial charge in [0.05, 0.1) is 10.2 Å². The zero-order chi connectivity index (χ0) is 18.6. The number of phenolic OH excluding ortho intramolecular Hbond substituents is 1. The first-order valence-corrected chi connectivity index (χ1v) is 10.3. The summed E-state index contributed by atoms with van der Waals surface area (Å²) in [4.78, 5) is 4.72. The van der Waals surface area contributed by atoms with Crippen LogP contribution in [0.25, 0.3) is 20.8 Å². The molecule has 0 amide bonds. The lowest BCUT2D eigenvalue weighted by Crippen LogP contribution is -2.03. The largest absolute Gasteiger partial charge is 0.508 e. The van der Waals surface area contributed by atoms with Gasteiger partial charge in [0.1, 0.15) is 16.2 Å². The Balaban J connectivity index is 1.65. The Morgan fingerprint density at radius 2 is 1.63 bits per heavy atom. The summed E-state index contributed by atoms with van der Waals surface area (Å²) in [6.45, 7) is 0. The van der Waals surface area contributed by atoms with Crippen molar-refractivity contribution in [2.75, 3.05) is 5.75 Å². The second kappa shape index (κ2) is 7.83. The molecule has 1 N–H and O–H groups in total. The van der Waals surface area contributed by atoms with E-state index in [2.05, 4.69) is 35.7 Å². The van der Waals surface area contributed by atoms with Gasteiger partial charge in [0.2, 0.25) is 0 Å². The molecule has 0 saturated heterocycles. The van der Waals surface area contributed by atoms with Crippen molar-refractivity contribution in [2.24, 2.45) is 0 Å². The van der Waals surface area contributed by atoms with E-state index in [1.54, 1.807) is 23.5 Å². The maximum absolute atomic E-state index is 9.54. The monoisotopic (exact) mass is 388 g/mol. The van der Waals surface area contributed by atoms with E-state index in [1.807, 2.05) is 30.3 Å². The number of nitriles is 1. The molecule has 1 heterocycles. The molecule has 0 aliphatic carbocycles. The fraction of sp³-hybridized carbons (Fsp3) is 0.0909. The Morgan fingerprint density at radius 3 is 2.30 bits per heavy atom. The number of thiocyanates is 1. The minimum Gasteiger partial charge on any atom is -0.508 e. The van der Waals surface area contributed by atoms with E-state index in [4.69, 9.17) is 10.2 Å². The SMILES string of the molecule is N#CSC[C@H](c1ccc(O)cc1)c1ccc(-c2nc3ccccc3s2)cc1. The maximum Gasteiger partial charge on any atom is 0.133 e. The quantitative estimate of drug-likeness (QED) is 0.425. The molecule has 4 rings (SSSR count). The molecule has 0 saturated carbocycles. The summed E-state index contributed by atoms with van der Waals surface area (Å²) in [5.74, 6) is 1.01. The standard InChI is InChI=1S/C22H16N2OS2/c23-14-26-13-19(16-9-11-18(25)12-10-16)15-5-7-17(8-6-15)22-24-20-3-1-2-4-21(20)27-22/h1-12,19,25H,13H2/t19-/m0/s1. The first kappa shape index (κ1) is 17.6. The van der Waals surface area contributed by atoms with E-state index in [0.717, 1.165) is 27.2 Å². The molecular weight excluding hydrogens is 372 g/mol. The lowest BCUT2D eigenvalue weighted by Gasteiger charge is -2.16. The molecule has 1 atom stereocenters. The molecule has 0 aliphatic heterocycles. The molecule has 132 valence electrons. The summed E-state index contributed by atoms with van der Waals surface area (Å²) >= 11 is 2.94. The number of fused-ring (bicyclic) bond motifs is 1. The molecule has 5 heteroatoms. The van der Waals surface area contributed by atoms with Gasteiger partial charge in [0.15, 0.2) is 0 Å². The number of hydrogen-bond donors (Lipinski definition) is 1. The second-order valence-corrected chi connectivity index (χ2v) is 7.99. The normalized spacial score (nSPS) is 12.0. The van der Waals surface area contributed by atoms with E-state index < -0.39 is 0 Å². The van der Waals surface area contributed by atoms with E-state index in [-0.39, 0.29) is 11.7 Å². The van der Waals surface area contributed by atoms with Crippen molar-refractivity contribution in [3.63, 3.8) is 0 Å². The van der Waals surface area contributed by atoms with Crippen LogP contribution in [0.4, 0.5) is 0 Å². The predicted molar refractivity (Wildman–Crippen MR) is 113 cm³/mol. The molecular formula is C22H16N2OS2. The van der Waals surface area contributed by atoms with Gasteiger partial charge in [-0.1, -0.05) is 48.5 Å². The van der Waals surface area contributed by atoms with E-state index in [1.165, 1.54) is 16.5 Å². The number of aromatic nitrogens is 1. The number of hydrogen-bond acceptors (Lipinski definition) is 5. The second-order valence-electron chi connectivity index (χ2n) is 6.16. The molecule has 1 aromatic heterocycles. The summed E-state index contributed by atoms with van der Waals surface area (Å²) in [5.41, 5.74) is 4.35. The van der Waals surface area contributed by atoms with Gasteiger partial charge >= 0.3 is 0 Å². The van der Waals surface area contributed by atoms with Gasteiger partial charge in [0.25, 0.3) is 0 Å². The predicted octanol–water partition coefficient (Wildman–Crippen LogP) is 6.02. The third-order valence-corrected chi connectivity index (χ3v) is 6.18. The zero-order valence-corrected chi connectivity index (χ0v) is 16.0. The average molecular weight is 389 g/mol. The minimum atomic E-state index is 0.0969. The minimum absolute atomic E-state index is 0.0969. The van der Waals surface area contributed by atoms with Gasteiger partial charge in [-0.05, 0) is 47.2 Å². The zero-order valence-electron chi connectivity index (χ0n) is 14.4. The van der Waals surface area contributed by atoms with Crippen LogP contribution in [0.2, 0.25) is 0 Å². The third kappa shape index (κ3) is 3.82. The average Bonchev–Trinajstić information content (AvgIpc) is 3.14. The summed E-state index contributed by atoms with van der Waals surface area (Å²) < 4.78 is 1.18. The molecule has 0 fully saturated rings. The van der Waals surface area contributed by atoms with E-state index in [9.17, 15) is 5.11 Å². The Hall–Kier alpha value is -2.81. The number of para-hydroxylation sites is 1. The van der Waals surface area contributed by atoms with Crippen LogP contribution in [-0.2, 0) is 0 Å². The third-order valence-electron chi connectivity index (χ3n) is 4.46. The fourth-order valence-electron chi connectivity index (χ4n) is 3.07. The number of aromatic hydroxyl groups is 1. The number of rotatable bonds is 5. The molecule has 0 aliphatic rings. The maximum atomic E-state index is 9.54. The highest BCUT2D eigenvalue weighted by Crippen LogP contribution is 2.33. The molecule has 3 aromatic carbocycles. The molecule has 4 aromatic rings. The molecule has 0 bridgehead atoms. The highest BCUT2D eigenvalue weighted by molar-refractivity contribution is 8.03. The van der Waals surface area contributed by atoms with Gasteiger partial charge in [-0.2, -0.15) is 5.26 Å². The Labute approximate surface area is 165 Å². The van der Waals surface area contributed by atoms with Crippen LogP contribution in [0.3, 0.4) is 0 Å². The fourth-order valence-corrected chi connectivity index (χ4v) is 4.66. The molecule has 0 spiro atoms. The van der Waals surface area contributed by atoms with Crippen LogP contribution in [-0.4, -0.2) is 15.8 Å². The van der Waals surface area contributed by atoms with Crippen molar-refractivity contribution >= 4 is 33.3 Å². The van der Waals surface area contributed by atoms with Crippen LogP contribution in [0.15, 0.2) is 72.8 Å². The molecule has 0 radical (unpaired) electrons. The van der Waals surface area contributed by atoms with Gasteiger partial charge in [-0.25, -0.2) is 4.98 Å². The van der Waals surface area contributed by atoms with Gasteiger partial charge < -0.3 is 5.11 Å². The summed E-state index contributed by atoms with van der Waals surface area (Å²) in [5, 5.41) is 21.7. The summed E-state index contributed by atoms with van der Waals surface area (Å²) in [6, 6.07) is 23.8. The van der Waals surface area contributed by atoms with Crippen molar-refractivity contribution in [3.05, 3.63) is 83.9 Å². The topological polar surface area (TPSA) is 56.9 Å². The van der Waals surface area contributed by atoms with Crippen LogP contribution in [0.1, 0.15) is 17.0 Å². The lowest BCUT2D eigenvalue weighted by molar-refractivity contribution is 0.475. The Bertz CT molecular complexity index is 1060. The molecule has 3 nitrogen and oxygen atoms in total. The first-order valence-electron chi connectivity index (χ1n) is 8.50. The van der Waals surface area contributed by atoms with Crippen molar-refractivity contribution in [3.8, 4) is 21.7 Å². The van der Waals surface area contributed by atoms with Crippen LogP contribution in [0, 0.1) is 10.7 Å². The number of thioether (sulfide) groups is 1. The highest BCUT2D eigenvalue weighted by atomic mass is 32.2. The van der Waals surface area contributed by atoms with Crippen LogP contribution < -0.4 is 0 Å². The van der Waals surface area contributed by atoms with Gasteiger partial charge in [-0.3, -0.25) is 0 Å². The number of nitrogens with zero attached hydrogens (tertiary/aromatic N) is 2. The smallest absolute Gasteiger partial charge is 0.133 e. The number of phenols is 1. The lowest BCUT2D eigenvalue weighted by atomic mass is 9.92. The van der Waals surface area contributed by atoms with Crippen LogP contribution in [0.5, 0.6) is 5.75 Å². The molecule has 0 unspecified atom stereocenters. The number of thiazole rings is 1. The van der Waals surface area contributed by atoms with Crippen molar-refractivity contribution < 1.29 is 5.11 Å². The van der Waals surface area contributed by atoms with Crippen molar-refractivity contribution in [1.29, 1.82) is 5.26 Å². The Kier molecular flexibility index (Phi) is 5.10. The van der Waals surface area contributed by atoms with Gasteiger partial charge in [0, 0.05) is 17.2 Å². The molecule has 27 heavy (non-hydrogen) atoms. The van der Waals surface area contributed by atoms with E-state index in [0.29, 0.717) is 5.75 Å². The number of benzene rings is 3. The Morgan fingerprint density at radius 1 is 0.963 bits per heavy atom. The van der Waals surface area contributed by atoms with Crippen molar-refractivity contribution in [2.45, 2.75) is 5.92 Å².